The summed E-state index contributed by atoms with van der Waals surface area (Å²) < 4.78 is 7.67. The third kappa shape index (κ3) is 6.67. The summed E-state index contributed by atoms with van der Waals surface area (Å²) in [6.07, 6.45) is 11.8. The predicted molar refractivity (Wildman–Crippen MR) is 205 cm³/mol. The Hall–Kier alpha value is -5.70. The average Bonchev–Trinajstić information content (AvgIpc) is 3.70. The summed E-state index contributed by atoms with van der Waals surface area (Å²) in [4.78, 5) is 67.0. The van der Waals surface area contributed by atoms with Crippen LogP contribution in [0.15, 0.2) is 54.9 Å². The smallest absolute Gasteiger partial charge is 0.276 e. The molecule has 9 rings (SSSR count). The Morgan fingerprint density at radius 3 is 2.54 bits per heavy atom. The second kappa shape index (κ2) is 14.4. The van der Waals surface area contributed by atoms with Crippen LogP contribution in [-0.4, -0.2) is 98.6 Å². The maximum atomic E-state index is 13.4. The first-order valence-corrected chi connectivity index (χ1v) is 19.6. The van der Waals surface area contributed by atoms with Crippen molar-refractivity contribution in [3.63, 3.8) is 0 Å². The summed E-state index contributed by atoms with van der Waals surface area (Å²) in [5, 5.41) is 22.1. The Morgan fingerprint density at radius 1 is 0.964 bits per heavy atom. The van der Waals surface area contributed by atoms with Crippen LogP contribution in [0.5, 0.6) is 5.75 Å². The third-order valence-electron chi connectivity index (χ3n) is 12.5. The number of amides is 5. The second-order valence-electron chi connectivity index (χ2n) is 16.3. The zero-order valence-electron chi connectivity index (χ0n) is 31.3. The number of nitrogens with one attached hydrogen (secondary N) is 3. The first kappa shape index (κ1) is 36.0. The summed E-state index contributed by atoms with van der Waals surface area (Å²) in [5.41, 5.74) is 3.28. The third-order valence-corrected chi connectivity index (χ3v) is 12.5. The number of fused-ring (bicyclic) bond motifs is 2. The molecule has 1 spiro atoms. The van der Waals surface area contributed by atoms with Crippen LogP contribution in [0.1, 0.15) is 95.0 Å². The van der Waals surface area contributed by atoms with Gasteiger partial charge in [0.15, 0.2) is 5.69 Å². The molecule has 2 aliphatic carbocycles. The number of likely N-dealkylation sites (tertiary alicyclic amines) is 1. The van der Waals surface area contributed by atoms with Gasteiger partial charge in [0.1, 0.15) is 11.8 Å². The van der Waals surface area contributed by atoms with Crippen LogP contribution in [0.4, 0.5) is 11.4 Å². The highest BCUT2D eigenvalue weighted by molar-refractivity contribution is 6.25. The van der Waals surface area contributed by atoms with Crippen molar-refractivity contribution in [2.75, 3.05) is 43.9 Å². The molecule has 1 atom stereocenters. The number of methoxy groups -OCH3 is 1. The number of piperidine rings is 1. The summed E-state index contributed by atoms with van der Waals surface area (Å²) in [6, 6.07) is 11.6. The van der Waals surface area contributed by atoms with Crippen molar-refractivity contribution in [2.45, 2.75) is 69.9 Å². The summed E-state index contributed by atoms with van der Waals surface area (Å²) in [5.74, 6) is -0.460. The highest BCUT2D eigenvalue weighted by Gasteiger charge is 2.52. The van der Waals surface area contributed by atoms with Gasteiger partial charge in [-0.3, -0.25) is 38.9 Å². The molecule has 2 aromatic carbocycles. The fourth-order valence-electron chi connectivity index (χ4n) is 9.82. The van der Waals surface area contributed by atoms with E-state index < -0.39 is 23.8 Å². The molecule has 2 aromatic heterocycles. The fraction of sp³-hybridized carbons (Fsp3) is 0.463. The van der Waals surface area contributed by atoms with E-state index in [1.165, 1.54) is 31.9 Å². The minimum absolute atomic E-state index is 0.0957. The highest BCUT2D eigenvalue weighted by atomic mass is 16.5. The Bertz CT molecular complexity index is 2220. The van der Waals surface area contributed by atoms with Crippen LogP contribution in [-0.2, 0) is 9.59 Å². The van der Waals surface area contributed by atoms with Crippen molar-refractivity contribution >= 4 is 51.8 Å². The van der Waals surface area contributed by atoms with Gasteiger partial charge >= 0.3 is 0 Å². The Morgan fingerprint density at radius 2 is 1.79 bits per heavy atom. The first-order valence-electron chi connectivity index (χ1n) is 19.6. The number of carbonyl (C=O) groups excluding carboxylic acids is 5. The van der Waals surface area contributed by atoms with E-state index in [9.17, 15) is 24.0 Å². The van der Waals surface area contributed by atoms with Crippen LogP contribution in [0.25, 0.3) is 10.9 Å². The van der Waals surface area contributed by atoms with Gasteiger partial charge in [0.25, 0.3) is 17.7 Å². The molecule has 15 nitrogen and oxygen atoms in total. The molecular weight excluding hydrogens is 715 g/mol. The number of benzene rings is 2. The van der Waals surface area contributed by atoms with E-state index in [4.69, 9.17) is 9.84 Å². The molecule has 3 aliphatic heterocycles. The number of ether oxygens (including phenoxy) is 1. The van der Waals surface area contributed by atoms with Crippen LogP contribution >= 0.6 is 0 Å². The van der Waals surface area contributed by atoms with Gasteiger partial charge in [0.05, 0.1) is 35.5 Å². The SMILES string of the molecule is COc1cc2nn([C@H]3CC[C@H](CN4CC5(CC(CCNc6cccc7c6C(=O)N(C6CCC(=O)NC6=O)C7=O)C5)C4)CC3)cc2cc1NC(=O)c1cccnn1. The Labute approximate surface area is 323 Å². The quantitative estimate of drug-likeness (QED) is 0.184. The van der Waals surface area contributed by atoms with Crippen LogP contribution in [0, 0.1) is 17.3 Å². The number of rotatable bonds is 11. The van der Waals surface area contributed by atoms with Crippen molar-refractivity contribution < 1.29 is 28.7 Å². The van der Waals surface area contributed by atoms with Gasteiger partial charge in [-0.1, -0.05) is 6.07 Å². The van der Waals surface area contributed by atoms with Crippen molar-refractivity contribution in [2.24, 2.45) is 17.3 Å². The van der Waals surface area contributed by atoms with Crippen molar-refractivity contribution in [3.8, 4) is 5.75 Å². The lowest BCUT2D eigenvalue weighted by atomic mass is 9.57. The topological polar surface area (TPSA) is 181 Å². The number of hydrogen-bond acceptors (Lipinski definition) is 11. The molecule has 0 radical (unpaired) electrons. The fourth-order valence-corrected chi connectivity index (χ4v) is 9.82. The highest BCUT2D eigenvalue weighted by Crippen LogP contribution is 2.53. The van der Waals surface area contributed by atoms with Gasteiger partial charge in [-0.25, -0.2) is 0 Å². The zero-order chi connectivity index (χ0) is 38.6. The number of hydrogen-bond donors (Lipinski definition) is 3. The molecule has 290 valence electrons. The normalized spacial score (nSPS) is 23.4. The Kier molecular flexibility index (Phi) is 9.26. The number of carbonyl (C=O) groups is 5. The van der Waals surface area contributed by atoms with E-state index in [-0.39, 0.29) is 30.3 Å². The summed E-state index contributed by atoms with van der Waals surface area (Å²) in [7, 11) is 1.58. The first-order chi connectivity index (χ1) is 27.2. The van der Waals surface area contributed by atoms with Gasteiger partial charge in [0.2, 0.25) is 11.8 Å². The van der Waals surface area contributed by atoms with Gasteiger partial charge in [0, 0.05) is 62.1 Å². The van der Waals surface area contributed by atoms with Crippen LogP contribution in [0.3, 0.4) is 0 Å². The summed E-state index contributed by atoms with van der Waals surface area (Å²) >= 11 is 0. The van der Waals surface area contributed by atoms with E-state index in [1.807, 2.05) is 18.2 Å². The van der Waals surface area contributed by atoms with Gasteiger partial charge < -0.3 is 20.3 Å². The monoisotopic (exact) mass is 759 g/mol. The molecule has 0 bridgehead atoms. The Balaban J connectivity index is 0.715. The molecule has 5 heterocycles. The summed E-state index contributed by atoms with van der Waals surface area (Å²) in [6.45, 7) is 4.18. The van der Waals surface area contributed by atoms with Gasteiger partial charge in [-0.15, -0.1) is 5.10 Å². The molecule has 1 unspecified atom stereocenters. The number of anilines is 2. The average molecular weight is 760 g/mol. The zero-order valence-corrected chi connectivity index (χ0v) is 31.3. The maximum absolute atomic E-state index is 13.4. The lowest BCUT2D eigenvalue weighted by Gasteiger charge is -2.60. The molecule has 4 aromatic rings. The molecule has 5 amide bonds. The molecule has 4 fully saturated rings. The lowest BCUT2D eigenvalue weighted by Crippen LogP contribution is -2.63. The standard InChI is InChI=1S/C41H45N9O6/c1-56-34-17-31-26(16-32(34)44-37(52)30-6-3-14-43-46-30)21-49(47-31)27-9-7-24(8-10-27)20-48-22-41(23-48)18-25(19-41)13-15-42-29-5-2-4-28-36(29)40(55)50(39(28)54)33-11-12-35(51)45-38(33)53/h2-6,14,16-17,21,24-25,27,33,42H,7-13,15,18-20,22-23H2,1H3,(H,44,52)(H,45,51,53)/t24-,27-,33?. The van der Waals surface area contributed by atoms with E-state index >= 15 is 0 Å². The predicted octanol–water partition coefficient (Wildman–Crippen LogP) is 4.43. The largest absolute Gasteiger partial charge is 0.494 e. The molecule has 5 aliphatic rings. The molecule has 56 heavy (non-hydrogen) atoms. The van der Waals surface area contributed by atoms with Crippen molar-refractivity contribution in [1.29, 1.82) is 0 Å². The van der Waals surface area contributed by atoms with Crippen LogP contribution in [0.2, 0.25) is 0 Å². The number of imide groups is 2. The van der Waals surface area contributed by atoms with Crippen molar-refractivity contribution in [3.05, 3.63) is 71.7 Å². The lowest BCUT2D eigenvalue weighted by molar-refractivity contribution is -0.136. The van der Waals surface area contributed by atoms with Gasteiger partial charge in [-0.05, 0) is 98.9 Å². The molecule has 2 saturated heterocycles. The van der Waals surface area contributed by atoms with E-state index in [2.05, 4.69) is 41.9 Å². The minimum atomic E-state index is -0.972. The molecular formula is C41H45N9O6. The van der Waals surface area contributed by atoms with Gasteiger partial charge in [-0.2, -0.15) is 10.2 Å². The van der Waals surface area contributed by atoms with Crippen LogP contribution < -0.4 is 20.7 Å². The molecule has 3 N–H and O–H groups in total. The maximum Gasteiger partial charge on any atom is 0.276 e. The molecule has 15 heteroatoms. The number of nitrogens with zero attached hydrogens (tertiary/aromatic N) is 6. The second-order valence-corrected chi connectivity index (χ2v) is 16.3. The number of aromatic nitrogens is 4. The molecule has 2 saturated carbocycles. The minimum Gasteiger partial charge on any atom is -0.494 e. The van der Waals surface area contributed by atoms with E-state index in [0.29, 0.717) is 58.1 Å². The van der Waals surface area contributed by atoms with Crippen molar-refractivity contribution in [1.82, 2.24) is 35.1 Å². The van der Waals surface area contributed by atoms with E-state index in [1.54, 1.807) is 31.4 Å². The van der Waals surface area contributed by atoms with E-state index in [0.717, 1.165) is 54.7 Å².